The fourth-order valence-electron chi connectivity index (χ4n) is 2.23. The van der Waals surface area contributed by atoms with Crippen LogP contribution in [0.1, 0.15) is 6.92 Å². The monoisotopic (exact) mass is 384 g/mol. The van der Waals surface area contributed by atoms with Gasteiger partial charge in [0.1, 0.15) is 5.82 Å². The van der Waals surface area contributed by atoms with Crippen molar-refractivity contribution in [1.29, 1.82) is 0 Å². The molecule has 1 unspecified atom stereocenters. The number of halogens is 4. The summed E-state index contributed by atoms with van der Waals surface area (Å²) in [6.07, 6.45) is 0. The van der Waals surface area contributed by atoms with Crippen LogP contribution in [0.3, 0.4) is 0 Å². The zero-order valence-electron chi connectivity index (χ0n) is 14.6. The lowest BCUT2D eigenvalue weighted by atomic mass is 10.2. The zero-order valence-corrected chi connectivity index (χ0v) is 14.6. The van der Waals surface area contributed by atoms with Crippen molar-refractivity contribution in [3.63, 3.8) is 0 Å². The van der Waals surface area contributed by atoms with Crippen LogP contribution < -0.4 is 15.5 Å². The highest BCUT2D eigenvalue weighted by atomic mass is 19.2. The second kappa shape index (κ2) is 8.63. The van der Waals surface area contributed by atoms with Crippen molar-refractivity contribution in [2.24, 2.45) is 0 Å². The molecule has 0 aliphatic heterocycles. The lowest BCUT2D eigenvalue weighted by Gasteiger charge is -2.20. The van der Waals surface area contributed by atoms with Gasteiger partial charge >= 0.3 is 0 Å². The molecule has 2 aromatic carbocycles. The topological polar surface area (TPSA) is 62.6 Å². The molecule has 0 spiro atoms. The molecule has 9 heteroatoms. The van der Waals surface area contributed by atoms with E-state index in [1.165, 1.54) is 24.3 Å². The quantitative estimate of drug-likeness (QED) is 0.525. The van der Waals surface area contributed by atoms with Gasteiger partial charge in [-0.2, -0.15) is 0 Å². The molecule has 3 N–H and O–H groups in total. The summed E-state index contributed by atoms with van der Waals surface area (Å²) in [5.74, 6) is -6.07. The summed E-state index contributed by atoms with van der Waals surface area (Å²) in [4.78, 5) is 24.7. The third-order valence-corrected chi connectivity index (χ3v) is 3.99. The Labute approximate surface area is 153 Å². The average molecular weight is 384 g/mol. The van der Waals surface area contributed by atoms with Crippen LogP contribution in [-0.2, 0) is 9.59 Å². The molecular formula is C18H18F4N3O2+. The summed E-state index contributed by atoms with van der Waals surface area (Å²) in [6, 6.07) is 6.12. The van der Waals surface area contributed by atoms with Gasteiger partial charge in [-0.25, -0.2) is 17.6 Å². The van der Waals surface area contributed by atoms with Crippen molar-refractivity contribution in [3.05, 3.63) is 59.7 Å². The van der Waals surface area contributed by atoms with Gasteiger partial charge in [-0.1, -0.05) is 0 Å². The standard InChI is InChI=1S/C18H17F4N3O2/c1-10(18(27)23-12-5-3-11(19)4-6-12)25(2)9-15(26)24-14-8-7-13(20)16(21)17(14)22/h3-8,10H,9H2,1-2H3,(H,23,27)(H,24,26)/p+1/t10-/m0/s1. The number of hydrogen-bond acceptors (Lipinski definition) is 2. The second-order valence-corrected chi connectivity index (χ2v) is 6.01. The number of quaternary nitrogens is 1. The summed E-state index contributed by atoms with van der Waals surface area (Å²) in [5.41, 5.74) is -0.0931. The average Bonchev–Trinajstić information content (AvgIpc) is 2.63. The predicted octanol–water partition coefficient (Wildman–Crippen LogP) is 1.72. The summed E-state index contributed by atoms with van der Waals surface area (Å²) in [7, 11) is 1.57. The first-order valence-corrected chi connectivity index (χ1v) is 8.01. The Bertz CT molecular complexity index is 843. The molecule has 0 saturated heterocycles. The van der Waals surface area contributed by atoms with E-state index in [1.807, 2.05) is 0 Å². The SMILES string of the molecule is C[C@@H](C(=O)Nc1ccc(F)cc1)[NH+](C)CC(=O)Nc1ccc(F)c(F)c1F. The van der Waals surface area contributed by atoms with Crippen LogP contribution in [0.2, 0.25) is 0 Å². The lowest BCUT2D eigenvalue weighted by molar-refractivity contribution is -0.885. The minimum Gasteiger partial charge on any atom is -0.321 e. The van der Waals surface area contributed by atoms with Gasteiger partial charge in [0.15, 0.2) is 30.0 Å². The molecule has 0 bridgehead atoms. The maximum absolute atomic E-state index is 13.6. The number of anilines is 2. The highest BCUT2D eigenvalue weighted by Crippen LogP contribution is 2.19. The number of rotatable bonds is 6. The molecule has 2 atom stereocenters. The van der Waals surface area contributed by atoms with Crippen LogP contribution in [0.4, 0.5) is 28.9 Å². The summed E-state index contributed by atoms with van der Waals surface area (Å²) in [5, 5.41) is 4.73. The molecule has 2 rings (SSSR count). The fraction of sp³-hybridized carbons (Fsp3) is 0.222. The molecule has 0 saturated carbocycles. The van der Waals surface area contributed by atoms with Crippen molar-refractivity contribution >= 4 is 23.2 Å². The van der Waals surface area contributed by atoms with E-state index in [-0.39, 0.29) is 6.54 Å². The molecule has 0 fully saturated rings. The van der Waals surface area contributed by atoms with E-state index in [0.717, 1.165) is 6.07 Å². The van der Waals surface area contributed by atoms with Crippen molar-refractivity contribution in [2.75, 3.05) is 24.2 Å². The Morgan fingerprint density at radius 2 is 1.59 bits per heavy atom. The largest absolute Gasteiger partial charge is 0.321 e. The number of carbonyl (C=O) groups excluding carboxylic acids is 2. The molecule has 27 heavy (non-hydrogen) atoms. The van der Waals surface area contributed by atoms with E-state index in [0.29, 0.717) is 16.7 Å². The number of likely N-dealkylation sites (N-methyl/N-ethyl adjacent to an activating group) is 1. The van der Waals surface area contributed by atoms with Gasteiger partial charge in [-0.15, -0.1) is 0 Å². The van der Waals surface area contributed by atoms with Gasteiger partial charge in [-0.05, 0) is 43.3 Å². The van der Waals surface area contributed by atoms with Gasteiger partial charge in [0.25, 0.3) is 11.8 Å². The molecule has 0 heterocycles. The number of amides is 2. The molecule has 0 radical (unpaired) electrons. The number of hydrogen-bond donors (Lipinski definition) is 3. The van der Waals surface area contributed by atoms with Crippen LogP contribution >= 0.6 is 0 Å². The molecule has 5 nitrogen and oxygen atoms in total. The normalized spacial score (nSPS) is 13.0. The van der Waals surface area contributed by atoms with Gasteiger partial charge in [0.05, 0.1) is 12.7 Å². The summed E-state index contributed by atoms with van der Waals surface area (Å²) in [6.45, 7) is 1.34. The van der Waals surface area contributed by atoms with Crippen molar-refractivity contribution in [2.45, 2.75) is 13.0 Å². The Hall–Kier alpha value is -2.94. The van der Waals surface area contributed by atoms with E-state index in [1.54, 1.807) is 14.0 Å². The zero-order chi connectivity index (χ0) is 20.1. The first-order valence-electron chi connectivity index (χ1n) is 8.01. The smallest absolute Gasteiger partial charge is 0.282 e. The lowest BCUT2D eigenvalue weighted by Crippen LogP contribution is -3.14. The Kier molecular flexibility index (Phi) is 6.51. The van der Waals surface area contributed by atoms with Crippen molar-refractivity contribution < 1.29 is 32.1 Å². The van der Waals surface area contributed by atoms with E-state index >= 15 is 0 Å². The van der Waals surface area contributed by atoms with Crippen molar-refractivity contribution in [3.8, 4) is 0 Å². The maximum atomic E-state index is 13.6. The maximum Gasteiger partial charge on any atom is 0.282 e. The molecule has 0 aliphatic carbocycles. The second-order valence-electron chi connectivity index (χ2n) is 6.01. The van der Waals surface area contributed by atoms with Crippen LogP contribution in [0.5, 0.6) is 0 Å². The number of nitrogens with one attached hydrogen (secondary N) is 3. The molecule has 2 amide bonds. The van der Waals surface area contributed by atoms with Crippen LogP contribution in [0.25, 0.3) is 0 Å². The third kappa shape index (κ3) is 5.27. The molecule has 144 valence electrons. The summed E-state index contributed by atoms with van der Waals surface area (Å²) < 4.78 is 52.6. The molecular weight excluding hydrogens is 366 g/mol. The number of carbonyl (C=O) groups is 2. The highest BCUT2D eigenvalue weighted by molar-refractivity contribution is 5.94. The molecule has 0 aromatic heterocycles. The van der Waals surface area contributed by atoms with Crippen molar-refractivity contribution in [1.82, 2.24) is 0 Å². The van der Waals surface area contributed by atoms with Gasteiger partial charge in [0, 0.05) is 5.69 Å². The third-order valence-electron chi connectivity index (χ3n) is 3.99. The Morgan fingerprint density at radius 1 is 0.963 bits per heavy atom. The Morgan fingerprint density at radius 3 is 2.22 bits per heavy atom. The minimum atomic E-state index is -1.68. The van der Waals surface area contributed by atoms with Gasteiger partial charge in [0.2, 0.25) is 0 Å². The van der Waals surface area contributed by atoms with E-state index < -0.39 is 46.8 Å². The highest BCUT2D eigenvalue weighted by Gasteiger charge is 2.25. The molecule has 2 aromatic rings. The van der Waals surface area contributed by atoms with E-state index in [9.17, 15) is 27.2 Å². The van der Waals surface area contributed by atoms with Gasteiger partial charge < -0.3 is 15.5 Å². The van der Waals surface area contributed by atoms with E-state index in [4.69, 9.17) is 0 Å². The van der Waals surface area contributed by atoms with Crippen LogP contribution in [0, 0.1) is 23.3 Å². The summed E-state index contributed by atoms with van der Waals surface area (Å²) >= 11 is 0. The fourth-order valence-corrected chi connectivity index (χ4v) is 2.23. The van der Waals surface area contributed by atoms with Crippen LogP contribution in [-0.4, -0.2) is 31.4 Å². The predicted molar refractivity (Wildman–Crippen MR) is 91.2 cm³/mol. The Balaban J connectivity index is 1.94. The number of benzene rings is 2. The van der Waals surface area contributed by atoms with E-state index in [2.05, 4.69) is 10.6 Å². The first-order chi connectivity index (χ1) is 12.7. The minimum absolute atomic E-state index is 0.226. The van der Waals surface area contributed by atoms with Crippen LogP contribution in [0.15, 0.2) is 36.4 Å². The first kappa shape index (κ1) is 20.4. The molecule has 0 aliphatic rings. The van der Waals surface area contributed by atoms with Gasteiger partial charge in [-0.3, -0.25) is 9.59 Å².